The Morgan fingerprint density at radius 3 is 2.78 bits per heavy atom. The molecule has 10 heteroatoms. The van der Waals surface area contributed by atoms with Gasteiger partial charge in [0.15, 0.2) is 0 Å². The SMILES string of the molecule is NS(=O)(=O)OC[C@@H]1C[C@@H](Nc2ncnc3[nH]c(-c4cccc5ccccc45)cc23)C[C@@H]1O. The van der Waals surface area contributed by atoms with Crippen LogP contribution in [0, 0.1) is 5.92 Å². The van der Waals surface area contributed by atoms with Crippen molar-refractivity contribution in [1.29, 1.82) is 0 Å². The molecule has 5 N–H and O–H groups in total. The van der Waals surface area contributed by atoms with Crippen LogP contribution in [0.4, 0.5) is 5.82 Å². The van der Waals surface area contributed by atoms with E-state index >= 15 is 0 Å². The van der Waals surface area contributed by atoms with E-state index < -0.39 is 16.4 Å². The maximum atomic E-state index is 11.1. The second-order valence-corrected chi connectivity index (χ2v) is 9.33. The lowest BCUT2D eigenvalue weighted by atomic mass is 10.0. The van der Waals surface area contributed by atoms with E-state index in [0.29, 0.717) is 24.3 Å². The van der Waals surface area contributed by atoms with Crippen molar-refractivity contribution in [3.63, 3.8) is 0 Å². The summed E-state index contributed by atoms with van der Waals surface area (Å²) in [6.07, 6.45) is 1.78. The van der Waals surface area contributed by atoms with E-state index in [9.17, 15) is 13.5 Å². The number of nitrogens with zero attached hydrogens (tertiary/aromatic N) is 2. The van der Waals surface area contributed by atoms with Gasteiger partial charge in [0.05, 0.1) is 18.1 Å². The van der Waals surface area contributed by atoms with Gasteiger partial charge in [-0.1, -0.05) is 42.5 Å². The average molecular weight is 454 g/mol. The topological polar surface area (TPSA) is 143 Å². The summed E-state index contributed by atoms with van der Waals surface area (Å²) < 4.78 is 26.8. The quantitative estimate of drug-likeness (QED) is 0.351. The standard InChI is InChI=1S/C22H23N5O4S/c23-32(29,30)31-11-14-8-15(9-20(14)28)26-21-18-10-19(27-22(18)25-12-24-21)17-7-3-5-13-4-1-2-6-16(13)17/h1-7,10,12,14-15,20,28H,8-9,11H2,(H2,23,29,30)(H2,24,25,26,27)/t14-,15+,20-/m0/s1. The number of aromatic nitrogens is 3. The molecule has 1 aliphatic carbocycles. The lowest BCUT2D eigenvalue weighted by Crippen LogP contribution is -2.24. The molecule has 2 aromatic carbocycles. The van der Waals surface area contributed by atoms with Crippen molar-refractivity contribution in [3.8, 4) is 11.3 Å². The zero-order valence-electron chi connectivity index (χ0n) is 17.1. The summed E-state index contributed by atoms with van der Waals surface area (Å²) in [7, 11) is -4.04. The van der Waals surface area contributed by atoms with Crippen LogP contribution in [0.1, 0.15) is 12.8 Å². The minimum absolute atomic E-state index is 0.0897. The smallest absolute Gasteiger partial charge is 0.333 e. The summed E-state index contributed by atoms with van der Waals surface area (Å²) in [5, 5.41) is 21.7. The highest BCUT2D eigenvalue weighted by atomic mass is 32.2. The van der Waals surface area contributed by atoms with E-state index in [2.05, 4.69) is 48.7 Å². The molecule has 9 nitrogen and oxygen atoms in total. The largest absolute Gasteiger partial charge is 0.393 e. The van der Waals surface area contributed by atoms with Crippen LogP contribution in [-0.4, -0.2) is 47.2 Å². The fourth-order valence-electron chi connectivity index (χ4n) is 4.44. The summed E-state index contributed by atoms with van der Waals surface area (Å²) in [6.45, 7) is -0.146. The molecule has 166 valence electrons. The minimum Gasteiger partial charge on any atom is -0.393 e. The first-order valence-electron chi connectivity index (χ1n) is 10.3. The van der Waals surface area contributed by atoms with Gasteiger partial charge in [-0.2, -0.15) is 8.42 Å². The maximum absolute atomic E-state index is 11.1. The van der Waals surface area contributed by atoms with Crippen molar-refractivity contribution in [2.45, 2.75) is 25.0 Å². The summed E-state index contributed by atoms with van der Waals surface area (Å²) in [6, 6.07) is 16.3. The highest BCUT2D eigenvalue weighted by Crippen LogP contribution is 2.34. The van der Waals surface area contributed by atoms with Crippen LogP contribution >= 0.6 is 0 Å². The summed E-state index contributed by atoms with van der Waals surface area (Å²) >= 11 is 0. The van der Waals surface area contributed by atoms with Crippen molar-refractivity contribution in [2.75, 3.05) is 11.9 Å². The Morgan fingerprint density at radius 2 is 1.94 bits per heavy atom. The molecule has 0 amide bonds. The van der Waals surface area contributed by atoms with Crippen LogP contribution < -0.4 is 10.5 Å². The van der Waals surface area contributed by atoms with Gasteiger partial charge in [-0.05, 0) is 29.7 Å². The van der Waals surface area contributed by atoms with Crippen LogP contribution in [0.2, 0.25) is 0 Å². The second kappa shape index (κ2) is 8.14. The Balaban J connectivity index is 1.41. The van der Waals surface area contributed by atoms with Gasteiger partial charge in [0, 0.05) is 23.2 Å². The predicted molar refractivity (Wildman–Crippen MR) is 122 cm³/mol. The van der Waals surface area contributed by atoms with Crippen LogP contribution in [0.3, 0.4) is 0 Å². The molecule has 3 atom stereocenters. The Labute approximate surface area is 184 Å². The molecule has 5 rings (SSSR count). The third-order valence-corrected chi connectivity index (χ3v) is 6.41. The number of aliphatic hydroxyl groups excluding tert-OH is 1. The number of nitrogens with two attached hydrogens (primary N) is 1. The van der Waals surface area contributed by atoms with Crippen molar-refractivity contribution < 1.29 is 17.7 Å². The van der Waals surface area contributed by atoms with E-state index in [0.717, 1.165) is 27.4 Å². The first kappa shape index (κ1) is 20.8. The van der Waals surface area contributed by atoms with Gasteiger partial charge in [-0.3, -0.25) is 4.18 Å². The molecule has 0 radical (unpaired) electrons. The van der Waals surface area contributed by atoms with Gasteiger partial charge in [-0.25, -0.2) is 15.1 Å². The minimum atomic E-state index is -4.04. The first-order chi connectivity index (χ1) is 15.4. The molecule has 1 aliphatic rings. The third kappa shape index (κ3) is 4.17. The molecule has 32 heavy (non-hydrogen) atoms. The number of hydrogen-bond donors (Lipinski definition) is 4. The number of hydrogen-bond acceptors (Lipinski definition) is 7. The number of aliphatic hydroxyl groups is 1. The van der Waals surface area contributed by atoms with Crippen LogP contribution in [0.5, 0.6) is 0 Å². The molecule has 4 aromatic rings. The number of fused-ring (bicyclic) bond motifs is 2. The zero-order chi connectivity index (χ0) is 22.3. The van der Waals surface area contributed by atoms with Crippen molar-refractivity contribution in [1.82, 2.24) is 15.0 Å². The van der Waals surface area contributed by atoms with Gasteiger partial charge in [-0.15, -0.1) is 0 Å². The second-order valence-electron chi connectivity index (χ2n) is 8.11. The Bertz CT molecular complexity index is 1380. The highest BCUT2D eigenvalue weighted by molar-refractivity contribution is 7.84. The molecular weight excluding hydrogens is 430 g/mol. The molecule has 0 bridgehead atoms. The van der Waals surface area contributed by atoms with Gasteiger partial charge in [0.1, 0.15) is 17.8 Å². The molecule has 2 heterocycles. The number of H-pyrrole nitrogens is 1. The van der Waals surface area contributed by atoms with E-state index in [4.69, 9.17) is 5.14 Å². The van der Waals surface area contributed by atoms with Crippen molar-refractivity contribution in [2.24, 2.45) is 11.1 Å². The number of anilines is 1. The lowest BCUT2D eigenvalue weighted by Gasteiger charge is -2.14. The van der Waals surface area contributed by atoms with Crippen LogP contribution in [0.25, 0.3) is 33.1 Å². The molecule has 2 aromatic heterocycles. The Morgan fingerprint density at radius 1 is 1.12 bits per heavy atom. The molecule has 0 spiro atoms. The van der Waals surface area contributed by atoms with Gasteiger partial charge < -0.3 is 15.4 Å². The molecule has 1 fully saturated rings. The highest BCUT2D eigenvalue weighted by Gasteiger charge is 2.34. The van der Waals surface area contributed by atoms with E-state index in [1.54, 1.807) is 0 Å². The zero-order valence-corrected chi connectivity index (χ0v) is 17.9. The normalized spacial score (nSPS) is 21.4. The average Bonchev–Trinajstić information content (AvgIpc) is 3.35. The number of rotatable bonds is 6. The first-order valence-corrected chi connectivity index (χ1v) is 11.8. The van der Waals surface area contributed by atoms with Gasteiger partial charge in [0.2, 0.25) is 0 Å². The molecule has 0 aliphatic heterocycles. The molecule has 0 unspecified atom stereocenters. The maximum Gasteiger partial charge on any atom is 0.333 e. The number of aromatic amines is 1. The summed E-state index contributed by atoms with van der Waals surface area (Å²) in [4.78, 5) is 12.2. The van der Waals surface area contributed by atoms with Crippen LogP contribution in [-0.2, 0) is 14.5 Å². The Kier molecular flexibility index (Phi) is 5.30. The number of nitrogens with one attached hydrogen (secondary N) is 2. The van der Waals surface area contributed by atoms with Crippen molar-refractivity contribution >= 4 is 37.9 Å². The van der Waals surface area contributed by atoms with Crippen LogP contribution in [0.15, 0.2) is 54.9 Å². The molecule has 1 saturated carbocycles. The lowest BCUT2D eigenvalue weighted by molar-refractivity contribution is 0.101. The summed E-state index contributed by atoms with van der Waals surface area (Å²) in [5.41, 5.74) is 2.72. The Hall–Kier alpha value is -3.05. The fraction of sp³-hybridized carbons (Fsp3) is 0.273. The molecular formula is C22H23N5O4S. The van der Waals surface area contributed by atoms with E-state index in [-0.39, 0.29) is 18.6 Å². The van der Waals surface area contributed by atoms with Gasteiger partial charge in [0.25, 0.3) is 0 Å². The van der Waals surface area contributed by atoms with Crippen molar-refractivity contribution in [3.05, 3.63) is 54.9 Å². The fourth-order valence-corrected chi connectivity index (χ4v) is 4.80. The van der Waals surface area contributed by atoms with E-state index in [1.165, 1.54) is 6.33 Å². The number of benzene rings is 2. The third-order valence-electron chi connectivity index (χ3n) is 5.95. The van der Waals surface area contributed by atoms with Gasteiger partial charge >= 0.3 is 10.3 Å². The van der Waals surface area contributed by atoms with E-state index in [1.807, 2.05) is 24.3 Å². The predicted octanol–water partition coefficient (Wildman–Crippen LogP) is 2.55. The summed E-state index contributed by atoms with van der Waals surface area (Å²) in [5.74, 6) is 0.323. The monoisotopic (exact) mass is 453 g/mol. The molecule has 0 saturated heterocycles.